The average molecular weight is 228 g/mol. The summed E-state index contributed by atoms with van der Waals surface area (Å²) in [6.07, 6.45) is 9.41. The molecule has 2 rings (SSSR count). The van der Waals surface area contributed by atoms with Crippen LogP contribution in [0.15, 0.2) is 30.3 Å². The quantitative estimate of drug-likeness (QED) is 0.759. The molecule has 1 aliphatic rings. The lowest BCUT2D eigenvalue weighted by atomic mass is 9.85. The first-order valence-electron chi connectivity index (χ1n) is 6.52. The van der Waals surface area contributed by atoms with Gasteiger partial charge in [-0.25, -0.2) is 0 Å². The number of aryl methyl sites for hydroxylation is 1. The third kappa shape index (κ3) is 3.29. The highest BCUT2D eigenvalue weighted by Gasteiger charge is 2.20. The van der Waals surface area contributed by atoms with E-state index in [4.69, 9.17) is 0 Å². The van der Waals surface area contributed by atoms with Crippen molar-refractivity contribution in [3.8, 4) is 0 Å². The lowest BCUT2D eigenvalue weighted by Crippen LogP contribution is -2.17. The van der Waals surface area contributed by atoms with Crippen molar-refractivity contribution < 1.29 is 4.79 Å². The zero-order valence-electron chi connectivity index (χ0n) is 10.5. The van der Waals surface area contributed by atoms with Crippen molar-refractivity contribution in [1.29, 1.82) is 0 Å². The van der Waals surface area contributed by atoms with Gasteiger partial charge < -0.3 is 0 Å². The minimum Gasteiger partial charge on any atom is -0.299 e. The number of ketones is 1. The SMILES string of the molecule is Cc1ccccc1/C=C/CC1CCCCC1=O. The van der Waals surface area contributed by atoms with Gasteiger partial charge in [0.25, 0.3) is 0 Å². The molecule has 0 heterocycles. The molecule has 0 aliphatic heterocycles. The normalized spacial score (nSPS) is 21.0. The molecule has 17 heavy (non-hydrogen) atoms. The molecule has 1 saturated carbocycles. The molecule has 0 amide bonds. The Morgan fingerprint density at radius 2 is 2.12 bits per heavy atom. The van der Waals surface area contributed by atoms with Gasteiger partial charge in [-0.15, -0.1) is 0 Å². The van der Waals surface area contributed by atoms with E-state index >= 15 is 0 Å². The van der Waals surface area contributed by atoms with Crippen LogP contribution in [0.2, 0.25) is 0 Å². The lowest BCUT2D eigenvalue weighted by Gasteiger charge is -2.18. The predicted molar refractivity (Wildman–Crippen MR) is 71.8 cm³/mol. The monoisotopic (exact) mass is 228 g/mol. The van der Waals surface area contributed by atoms with Crippen LogP contribution in [-0.4, -0.2) is 5.78 Å². The fourth-order valence-electron chi connectivity index (χ4n) is 2.44. The number of carbonyl (C=O) groups is 1. The summed E-state index contributed by atoms with van der Waals surface area (Å²) in [5.41, 5.74) is 2.55. The largest absolute Gasteiger partial charge is 0.299 e. The van der Waals surface area contributed by atoms with Crippen LogP contribution in [0.5, 0.6) is 0 Å². The fourth-order valence-corrected chi connectivity index (χ4v) is 2.44. The zero-order chi connectivity index (χ0) is 12.1. The topological polar surface area (TPSA) is 17.1 Å². The van der Waals surface area contributed by atoms with Crippen LogP contribution in [0, 0.1) is 12.8 Å². The molecule has 1 heteroatoms. The van der Waals surface area contributed by atoms with Crippen LogP contribution in [0.25, 0.3) is 6.08 Å². The first kappa shape index (κ1) is 12.1. The third-order valence-corrected chi connectivity index (χ3v) is 3.59. The second-order valence-electron chi connectivity index (χ2n) is 4.90. The van der Waals surface area contributed by atoms with Crippen LogP contribution < -0.4 is 0 Å². The van der Waals surface area contributed by atoms with E-state index in [0.717, 1.165) is 25.7 Å². The summed E-state index contributed by atoms with van der Waals surface area (Å²) in [6, 6.07) is 8.34. The van der Waals surface area contributed by atoms with Crippen molar-refractivity contribution >= 4 is 11.9 Å². The predicted octanol–water partition coefficient (Wildman–Crippen LogP) is 4.16. The molecular formula is C16H20O. The summed E-state index contributed by atoms with van der Waals surface area (Å²) in [5, 5.41) is 0. The second kappa shape index (κ2) is 5.81. The van der Waals surface area contributed by atoms with E-state index in [0.29, 0.717) is 5.78 Å². The molecule has 1 fully saturated rings. The Hall–Kier alpha value is -1.37. The molecule has 0 saturated heterocycles. The summed E-state index contributed by atoms with van der Waals surface area (Å²) in [4.78, 5) is 11.7. The third-order valence-electron chi connectivity index (χ3n) is 3.59. The van der Waals surface area contributed by atoms with Crippen LogP contribution in [0.3, 0.4) is 0 Å². The Kier molecular flexibility index (Phi) is 4.13. The molecular weight excluding hydrogens is 208 g/mol. The summed E-state index contributed by atoms with van der Waals surface area (Å²) in [7, 11) is 0. The van der Waals surface area contributed by atoms with E-state index in [1.165, 1.54) is 17.5 Å². The van der Waals surface area contributed by atoms with E-state index in [-0.39, 0.29) is 5.92 Å². The Bertz CT molecular complexity index is 417. The Morgan fingerprint density at radius 1 is 1.29 bits per heavy atom. The number of hydrogen-bond donors (Lipinski definition) is 0. The number of rotatable bonds is 3. The van der Waals surface area contributed by atoms with E-state index in [9.17, 15) is 4.79 Å². The number of hydrogen-bond acceptors (Lipinski definition) is 1. The molecule has 0 N–H and O–H groups in total. The molecule has 0 radical (unpaired) electrons. The molecule has 1 atom stereocenters. The summed E-state index contributed by atoms with van der Waals surface area (Å²) >= 11 is 0. The Labute approximate surface area is 104 Å². The van der Waals surface area contributed by atoms with Crippen molar-refractivity contribution in [2.24, 2.45) is 5.92 Å². The molecule has 1 nitrogen and oxygen atoms in total. The summed E-state index contributed by atoms with van der Waals surface area (Å²) in [6.45, 7) is 2.12. The van der Waals surface area contributed by atoms with Gasteiger partial charge in [0.05, 0.1) is 0 Å². The lowest BCUT2D eigenvalue weighted by molar-refractivity contribution is -0.124. The van der Waals surface area contributed by atoms with E-state index < -0.39 is 0 Å². The first-order valence-corrected chi connectivity index (χ1v) is 6.52. The first-order chi connectivity index (χ1) is 8.27. The van der Waals surface area contributed by atoms with E-state index in [2.05, 4.69) is 43.3 Å². The summed E-state index contributed by atoms with van der Waals surface area (Å²) < 4.78 is 0. The highest BCUT2D eigenvalue weighted by Crippen LogP contribution is 2.24. The zero-order valence-corrected chi connectivity index (χ0v) is 10.5. The van der Waals surface area contributed by atoms with Crippen molar-refractivity contribution in [2.75, 3.05) is 0 Å². The van der Waals surface area contributed by atoms with Gasteiger partial charge in [-0.2, -0.15) is 0 Å². The Morgan fingerprint density at radius 3 is 2.88 bits per heavy atom. The standard InChI is InChI=1S/C16H20O/c1-13-7-2-3-8-14(13)10-6-11-15-9-4-5-12-16(15)17/h2-3,6-8,10,15H,4-5,9,11-12H2,1H3/b10-6+. The Balaban J connectivity index is 1.93. The van der Waals surface area contributed by atoms with Gasteiger partial charge in [0.2, 0.25) is 0 Å². The molecule has 1 unspecified atom stereocenters. The average Bonchev–Trinajstić information content (AvgIpc) is 2.34. The minimum atomic E-state index is 0.281. The molecule has 90 valence electrons. The van der Waals surface area contributed by atoms with E-state index in [1.54, 1.807) is 0 Å². The number of carbonyl (C=O) groups excluding carboxylic acids is 1. The van der Waals surface area contributed by atoms with Crippen LogP contribution >= 0.6 is 0 Å². The van der Waals surface area contributed by atoms with Gasteiger partial charge in [-0.1, -0.05) is 42.8 Å². The maximum Gasteiger partial charge on any atom is 0.136 e. The number of Topliss-reactive ketones (excluding diaryl/α,β-unsaturated/α-hetero) is 1. The van der Waals surface area contributed by atoms with E-state index in [1.807, 2.05) is 0 Å². The van der Waals surface area contributed by atoms with Gasteiger partial charge in [-0.3, -0.25) is 4.79 Å². The molecule has 1 aromatic rings. The van der Waals surface area contributed by atoms with Crippen LogP contribution in [0.1, 0.15) is 43.2 Å². The van der Waals surface area contributed by atoms with Gasteiger partial charge in [0.15, 0.2) is 0 Å². The van der Waals surface area contributed by atoms with Crippen molar-refractivity contribution in [1.82, 2.24) is 0 Å². The van der Waals surface area contributed by atoms with Crippen LogP contribution in [0.4, 0.5) is 0 Å². The summed E-state index contributed by atoms with van der Waals surface area (Å²) in [5.74, 6) is 0.745. The fraction of sp³-hybridized carbons (Fsp3) is 0.438. The van der Waals surface area contributed by atoms with Crippen molar-refractivity contribution in [2.45, 2.75) is 39.0 Å². The molecule has 0 bridgehead atoms. The minimum absolute atomic E-state index is 0.281. The smallest absolute Gasteiger partial charge is 0.136 e. The maximum absolute atomic E-state index is 11.7. The van der Waals surface area contributed by atoms with Gasteiger partial charge in [0, 0.05) is 12.3 Å². The molecule has 0 spiro atoms. The maximum atomic E-state index is 11.7. The highest BCUT2D eigenvalue weighted by atomic mass is 16.1. The molecule has 0 aromatic heterocycles. The molecule has 1 aliphatic carbocycles. The van der Waals surface area contributed by atoms with Gasteiger partial charge >= 0.3 is 0 Å². The van der Waals surface area contributed by atoms with Gasteiger partial charge in [-0.05, 0) is 37.3 Å². The second-order valence-corrected chi connectivity index (χ2v) is 4.90. The van der Waals surface area contributed by atoms with Crippen molar-refractivity contribution in [3.63, 3.8) is 0 Å². The highest BCUT2D eigenvalue weighted by molar-refractivity contribution is 5.81. The van der Waals surface area contributed by atoms with Gasteiger partial charge in [0.1, 0.15) is 5.78 Å². The van der Waals surface area contributed by atoms with Crippen LogP contribution in [-0.2, 0) is 4.79 Å². The number of allylic oxidation sites excluding steroid dienone is 1. The van der Waals surface area contributed by atoms with Crippen molar-refractivity contribution in [3.05, 3.63) is 41.5 Å². The number of benzene rings is 1. The molecule has 1 aromatic carbocycles.